The zero-order valence-corrected chi connectivity index (χ0v) is 20.2. The van der Waals surface area contributed by atoms with Gasteiger partial charge in [-0.1, -0.05) is 52.4 Å². The van der Waals surface area contributed by atoms with Crippen LogP contribution in [0.5, 0.6) is 0 Å². The van der Waals surface area contributed by atoms with Crippen LogP contribution in [0.3, 0.4) is 0 Å². The van der Waals surface area contributed by atoms with Gasteiger partial charge in [0.25, 0.3) is 0 Å². The van der Waals surface area contributed by atoms with Crippen LogP contribution in [0.4, 0.5) is 0 Å². The zero-order chi connectivity index (χ0) is 22.5. The van der Waals surface area contributed by atoms with Gasteiger partial charge in [0.1, 0.15) is 6.54 Å². The van der Waals surface area contributed by atoms with Gasteiger partial charge in [0, 0.05) is 36.6 Å². The normalized spacial score (nSPS) is 15.3. The molecule has 4 heteroatoms. The van der Waals surface area contributed by atoms with E-state index < -0.39 is 0 Å². The lowest BCUT2D eigenvalue weighted by molar-refractivity contribution is -0.834. The third kappa shape index (κ3) is 6.83. The Balaban J connectivity index is 1.88. The number of aliphatic imine (C=N–C) groups is 1. The van der Waals surface area contributed by atoms with Gasteiger partial charge in [0.2, 0.25) is 5.84 Å². The third-order valence-corrected chi connectivity index (χ3v) is 6.63. The maximum Gasteiger partial charge on any atom is 0.235 e. The quantitative estimate of drug-likeness (QED) is 0.237. The molecule has 2 aromatic rings. The first-order valence-electron chi connectivity index (χ1n) is 12.7. The van der Waals surface area contributed by atoms with E-state index in [1.807, 2.05) is 24.8 Å². The van der Waals surface area contributed by atoms with E-state index in [-0.39, 0.29) is 0 Å². The standard InChI is InChI=1S/C28H41N4/c1-3-5-7-9-11-21-32(22-12-10-8-6-4-2)24-27(25-13-17-29-18-14-25)23-31-28(32)26-15-19-30-20-16-26/h13-20,23H,3-12,21-22,24H2,1-2H3/q+1. The summed E-state index contributed by atoms with van der Waals surface area (Å²) in [6.07, 6.45) is 22.7. The van der Waals surface area contributed by atoms with Gasteiger partial charge in [-0.2, -0.15) is 0 Å². The fourth-order valence-corrected chi connectivity index (χ4v) is 4.80. The molecule has 172 valence electrons. The smallest absolute Gasteiger partial charge is 0.235 e. The lowest BCUT2D eigenvalue weighted by Crippen LogP contribution is -2.56. The summed E-state index contributed by atoms with van der Waals surface area (Å²) in [6.45, 7) is 7.89. The molecule has 0 bridgehead atoms. The molecule has 0 aliphatic carbocycles. The largest absolute Gasteiger partial charge is 0.270 e. The van der Waals surface area contributed by atoms with E-state index in [0.29, 0.717) is 0 Å². The molecule has 0 atom stereocenters. The SMILES string of the molecule is CCCCCCC[N+]1(CCCCCCC)CC(c2ccncc2)=CN=C1c1ccncc1. The van der Waals surface area contributed by atoms with Crippen molar-refractivity contribution in [2.24, 2.45) is 4.99 Å². The van der Waals surface area contributed by atoms with E-state index in [9.17, 15) is 0 Å². The van der Waals surface area contributed by atoms with Crippen LogP contribution < -0.4 is 0 Å². The molecule has 0 fully saturated rings. The summed E-state index contributed by atoms with van der Waals surface area (Å²) in [7, 11) is 0. The van der Waals surface area contributed by atoms with Gasteiger partial charge < -0.3 is 0 Å². The molecule has 1 aliphatic rings. The molecule has 0 saturated carbocycles. The number of amidine groups is 1. The molecular weight excluding hydrogens is 392 g/mol. The predicted molar refractivity (Wildman–Crippen MR) is 135 cm³/mol. The van der Waals surface area contributed by atoms with Crippen LogP contribution in [0.15, 0.2) is 60.2 Å². The molecule has 4 nitrogen and oxygen atoms in total. The Morgan fingerprint density at radius 3 is 1.69 bits per heavy atom. The minimum atomic E-state index is 0.955. The van der Waals surface area contributed by atoms with E-state index in [1.54, 1.807) is 0 Å². The molecule has 3 rings (SSSR count). The number of quaternary nitrogens is 1. The Morgan fingerprint density at radius 1 is 0.656 bits per heavy atom. The van der Waals surface area contributed by atoms with E-state index in [4.69, 9.17) is 4.99 Å². The Bertz CT molecular complexity index is 828. The second kappa shape index (κ2) is 13.3. The van der Waals surface area contributed by atoms with E-state index in [2.05, 4.69) is 54.3 Å². The Hall–Kier alpha value is -2.33. The minimum Gasteiger partial charge on any atom is -0.270 e. The second-order valence-electron chi connectivity index (χ2n) is 9.16. The topological polar surface area (TPSA) is 38.1 Å². The molecule has 0 radical (unpaired) electrons. The number of unbranched alkanes of at least 4 members (excludes halogenated alkanes) is 8. The van der Waals surface area contributed by atoms with Crippen molar-refractivity contribution in [1.29, 1.82) is 0 Å². The van der Waals surface area contributed by atoms with Gasteiger partial charge >= 0.3 is 0 Å². The summed E-state index contributed by atoms with van der Waals surface area (Å²) in [5.74, 6) is 1.22. The maximum absolute atomic E-state index is 5.12. The average molecular weight is 434 g/mol. The summed E-state index contributed by atoms with van der Waals surface area (Å²) in [5.41, 5.74) is 3.79. The van der Waals surface area contributed by atoms with Crippen molar-refractivity contribution in [1.82, 2.24) is 9.97 Å². The van der Waals surface area contributed by atoms with Crippen molar-refractivity contribution in [3.63, 3.8) is 0 Å². The highest BCUT2D eigenvalue weighted by Crippen LogP contribution is 2.30. The lowest BCUT2D eigenvalue weighted by Gasteiger charge is -2.41. The van der Waals surface area contributed by atoms with E-state index in [0.717, 1.165) is 24.1 Å². The summed E-state index contributed by atoms with van der Waals surface area (Å²) in [6, 6.07) is 8.50. The summed E-state index contributed by atoms with van der Waals surface area (Å²) >= 11 is 0. The van der Waals surface area contributed by atoms with Crippen LogP contribution in [0, 0.1) is 0 Å². The fourth-order valence-electron chi connectivity index (χ4n) is 4.80. The van der Waals surface area contributed by atoms with Crippen molar-refractivity contribution in [3.05, 3.63) is 66.4 Å². The molecule has 0 N–H and O–H groups in total. The van der Waals surface area contributed by atoms with Crippen LogP contribution in [0.25, 0.3) is 5.57 Å². The molecular formula is C28H41N4+. The van der Waals surface area contributed by atoms with E-state index >= 15 is 0 Å². The highest BCUT2D eigenvalue weighted by molar-refractivity contribution is 5.96. The van der Waals surface area contributed by atoms with Crippen LogP contribution >= 0.6 is 0 Å². The van der Waals surface area contributed by atoms with Crippen molar-refractivity contribution in [2.75, 3.05) is 19.6 Å². The van der Waals surface area contributed by atoms with Gasteiger partial charge in [-0.05, 0) is 55.5 Å². The number of hydrogen-bond donors (Lipinski definition) is 0. The molecule has 0 aromatic carbocycles. The summed E-state index contributed by atoms with van der Waals surface area (Å²) in [4.78, 5) is 13.6. The van der Waals surface area contributed by atoms with E-state index in [1.165, 1.54) is 86.7 Å². The van der Waals surface area contributed by atoms with Crippen molar-refractivity contribution in [3.8, 4) is 0 Å². The first kappa shape index (κ1) is 24.3. The van der Waals surface area contributed by atoms with Crippen molar-refractivity contribution < 1.29 is 4.48 Å². The Labute approximate surface area is 195 Å². The first-order valence-corrected chi connectivity index (χ1v) is 12.7. The molecule has 0 spiro atoms. The molecule has 3 heterocycles. The Morgan fingerprint density at radius 2 is 1.16 bits per heavy atom. The molecule has 0 amide bonds. The number of rotatable bonds is 14. The first-order chi connectivity index (χ1) is 15.8. The average Bonchev–Trinajstić information content (AvgIpc) is 2.85. The van der Waals surface area contributed by atoms with Crippen molar-refractivity contribution in [2.45, 2.75) is 78.1 Å². The predicted octanol–water partition coefficient (Wildman–Crippen LogP) is 7.04. The fraction of sp³-hybridized carbons (Fsp3) is 0.536. The summed E-state index contributed by atoms with van der Waals surface area (Å²) in [5, 5.41) is 0. The van der Waals surface area contributed by atoms with Crippen LogP contribution in [-0.2, 0) is 0 Å². The van der Waals surface area contributed by atoms with Crippen LogP contribution in [0.2, 0.25) is 0 Å². The Kier molecular flexibility index (Phi) is 10.1. The monoisotopic (exact) mass is 433 g/mol. The van der Waals surface area contributed by atoms with Crippen molar-refractivity contribution >= 4 is 11.4 Å². The van der Waals surface area contributed by atoms with Gasteiger partial charge in [0.15, 0.2) is 0 Å². The second-order valence-corrected chi connectivity index (χ2v) is 9.16. The molecule has 0 unspecified atom stereocenters. The minimum absolute atomic E-state index is 0.955. The van der Waals surface area contributed by atoms with Crippen LogP contribution in [-0.4, -0.2) is 39.9 Å². The number of aromatic nitrogens is 2. The number of hydrogen-bond acceptors (Lipinski definition) is 3. The van der Waals surface area contributed by atoms with Gasteiger partial charge in [-0.25, -0.2) is 4.99 Å². The van der Waals surface area contributed by atoms with Gasteiger partial charge in [-0.3, -0.25) is 14.5 Å². The number of pyridine rings is 2. The highest BCUT2D eigenvalue weighted by atomic mass is 15.4. The highest BCUT2D eigenvalue weighted by Gasteiger charge is 2.38. The molecule has 32 heavy (non-hydrogen) atoms. The van der Waals surface area contributed by atoms with Gasteiger partial charge in [0.05, 0.1) is 18.7 Å². The molecule has 0 saturated heterocycles. The molecule has 1 aliphatic heterocycles. The zero-order valence-electron chi connectivity index (χ0n) is 20.2. The van der Waals surface area contributed by atoms with Gasteiger partial charge in [-0.15, -0.1) is 0 Å². The summed E-state index contributed by atoms with van der Waals surface area (Å²) < 4.78 is 0.955. The van der Waals surface area contributed by atoms with Crippen LogP contribution in [0.1, 0.15) is 89.2 Å². The maximum atomic E-state index is 5.12. The number of nitrogens with zero attached hydrogens (tertiary/aromatic N) is 4. The molecule has 2 aromatic heterocycles. The third-order valence-electron chi connectivity index (χ3n) is 6.63. The lowest BCUT2D eigenvalue weighted by atomic mass is 10.0.